The molecule has 0 aromatic heterocycles. The standard InChI is InChI=1S/C14H9ClF3O/c15-12-7-6-11(14(16,17)18)8-13(12)19-9-10-4-2-1-3-5-10/h1-7H,9H2. The maximum absolute atomic E-state index is 12.5. The minimum absolute atomic E-state index is 0.0969. The van der Waals surface area contributed by atoms with Crippen molar-refractivity contribution in [2.45, 2.75) is 12.8 Å². The molecule has 0 aliphatic heterocycles. The van der Waals surface area contributed by atoms with Gasteiger partial charge in [0.05, 0.1) is 10.6 Å². The van der Waals surface area contributed by atoms with E-state index in [4.69, 9.17) is 16.3 Å². The van der Waals surface area contributed by atoms with Crippen LogP contribution in [0.25, 0.3) is 0 Å². The molecule has 0 fully saturated rings. The lowest BCUT2D eigenvalue weighted by atomic mass is 10.2. The van der Waals surface area contributed by atoms with Gasteiger partial charge < -0.3 is 4.74 Å². The third-order valence-electron chi connectivity index (χ3n) is 2.39. The van der Waals surface area contributed by atoms with Gasteiger partial charge in [-0.25, -0.2) is 0 Å². The molecular weight excluding hydrogens is 277 g/mol. The predicted octanol–water partition coefficient (Wildman–Crippen LogP) is 4.74. The van der Waals surface area contributed by atoms with Crippen LogP contribution in [0, 0.1) is 6.07 Å². The van der Waals surface area contributed by atoms with Crippen LogP contribution in [0.4, 0.5) is 13.2 Å². The number of hydrogen-bond acceptors (Lipinski definition) is 1. The zero-order chi connectivity index (χ0) is 13.9. The van der Waals surface area contributed by atoms with Gasteiger partial charge in [-0.05, 0) is 17.7 Å². The van der Waals surface area contributed by atoms with Crippen molar-refractivity contribution < 1.29 is 17.9 Å². The molecule has 0 N–H and O–H groups in total. The Labute approximate surface area is 113 Å². The van der Waals surface area contributed by atoms with E-state index in [1.165, 1.54) is 0 Å². The van der Waals surface area contributed by atoms with Gasteiger partial charge in [0.2, 0.25) is 0 Å². The minimum Gasteiger partial charge on any atom is -0.487 e. The van der Waals surface area contributed by atoms with Gasteiger partial charge in [-0.3, -0.25) is 0 Å². The van der Waals surface area contributed by atoms with Crippen LogP contribution < -0.4 is 4.74 Å². The molecule has 0 bridgehead atoms. The van der Waals surface area contributed by atoms with Crippen LogP contribution in [0.5, 0.6) is 5.75 Å². The summed E-state index contributed by atoms with van der Waals surface area (Å²) in [7, 11) is 0. The van der Waals surface area contributed by atoms with Gasteiger partial charge in [0.1, 0.15) is 12.4 Å². The van der Waals surface area contributed by atoms with E-state index in [2.05, 4.69) is 6.07 Å². The fourth-order valence-electron chi connectivity index (χ4n) is 1.46. The summed E-state index contributed by atoms with van der Waals surface area (Å²) in [5.41, 5.74) is -0.0654. The van der Waals surface area contributed by atoms with Crippen molar-refractivity contribution in [2.24, 2.45) is 0 Å². The molecule has 0 amide bonds. The van der Waals surface area contributed by atoms with Crippen LogP contribution in [0.1, 0.15) is 11.1 Å². The number of hydrogen-bond donors (Lipinski definition) is 0. The molecule has 0 unspecified atom stereocenters. The van der Waals surface area contributed by atoms with Crippen LogP contribution >= 0.6 is 11.6 Å². The molecule has 0 aliphatic rings. The number of alkyl halides is 3. The maximum Gasteiger partial charge on any atom is 0.417 e. The van der Waals surface area contributed by atoms with Crippen molar-refractivity contribution in [2.75, 3.05) is 0 Å². The molecule has 1 nitrogen and oxygen atoms in total. The Morgan fingerprint density at radius 1 is 1.05 bits per heavy atom. The first-order chi connectivity index (χ1) is 8.97. The summed E-state index contributed by atoms with van der Waals surface area (Å²) < 4.78 is 42.9. The van der Waals surface area contributed by atoms with Crippen molar-refractivity contribution >= 4 is 11.6 Å². The summed E-state index contributed by atoms with van der Waals surface area (Å²) >= 11 is 5.79. The van der Waals surface area contributed by atoms with E-state index < -0.39 is 11.7 Å². The first-order valence-corrected chi connectivity index (χ1v) is 5.80. The van der Waals surface area contributed by atoms with E-state index in [1.807, 2.05) is 30.3 Å². The highest BCUT2D eigenvalue weighted by molar-refractivity contribution is 6.32. The zero-order valence-electron chi connectivity index (χ0n) is 9.67. The summed E-state index contributed by atoms with van der Waals surface area (Å²) in [5, 5.41) is 0.101. The highest BCUT2D eigenvalue weighted by atomic mass is 35.5. The van der Waals surface area contributed by atoms with Crippen LogP contribution in [-0.4, -0.2) is 0 Å². The number of ether oxygens (including phenoxy) is 1. The third-order valence-corrected chi connectivity index (χ3v) is 2.69. The SMILES string of the molecule is FC(F)(F)c1[c]c(OCc2ccccc2)c(Cl)cc1. The van der Waals surface area contributed by atoms with Gasteiger partial charge in [-0.15, -0.1) is 0 Å². The number of benzene rings is 2. The predicted molar refractivity (Wildman–Crippen MR) is 66.1 cm³/mol. The van der Waals surface area contributed by atoms with Crippen LogP contribution in [-0.2, 0) is 12.8 Å². The minimum atomic E-state index is -4.46. The van der Waals surface area contributed by atoms with Gasteiger partial charge in [0.15, 0.2) is 0 Å². The highest BCUT2D eigenvalue weighted by Gasteiger charge is 2.31. The normalized spacial score (nSPS) is 11.4. The zero-order valence-corrected chi connectivity index (χ0v) is 10.4. The lowest BCUT2D eigenvalue weighted by Gasteiger charge is -2.11. The molecule has 0 heterocycles. The van der Waals surface area contributed by atoms with Gasteiger partial charge in [-0.1, -0.05) is 41.9 Å². The molecule has 0 spiro atoms. The molecule has 1 radical (unpaired) electrons. The average Bonchev–Trinajstić information content (AvgIpc) is 2.37. The topological polar surface area (TPSA) is 9.23 Å². The molecule has 0 aliphatic carbocycles. The first kappa shape index (κ1) is 13.7. The highest BCUT2D eigenvalue weighted by Crippen LogP contribution is 2.34. The Bertz CT molecular complexity index is 552. The van der Waals surface area contributed by atoms with Crippen LogP contribution in [0.2, 0.25) is 5.02 Å². The van der Waals surface area contributed by atoms with E-state index >= 15 is 0 Å². The number of halogens is 4. The first-order valence-electron chi connectivity index (χ1n) is 5.42. The molecule has 2 aromatic rings. The molecule has 99 valence electrons. The molecule has 2 rings (SSSR count). The van der Waals surface area contributed by atoms with E-state index in [9.17, 15) is 13.2 Å². The summed E-state index contributed by atoms with van der Waals surface area (Å²) in [6.07, 6.45) is -4.46. The molecule has 0 saturated heterocycles. The Kier molecular flexibility index (Phi) is 4.00. The van der Waals surface area contributed by atoms with Gasteiger partial charge in [0, 0.05) is 6.07 Å². The lowest BCUT2D eigenvalue weighted by molar-refractivity contribution is -0.137. The molecule has 19 heavy (non-hydrogen) atoms. The lowest BCUT2D eigenvalue weighted by Crippen LogP contribution is -2.06. The Balaban J connectivity index is 2.16. The van der Waals surface area contributed by atoms with Crippen molar-refractivity contribution in [3.8, 4) is 5.75 Å². The molecule has 5 heteroatoms. The fraction of sp³-hybridized carbons (Fsp3) is 0.143. The molecular formula is C14H9ClF3O. The largest absolute Gasteiger partial charge is 0.487 e. The van der Waals surface area contributed by atoms with Crippen LogP contribution in [0.3, 0.4) is 0 Å². The van der Waals surface area contributed by atoms with E-state index in [1.54, 1.807) is 0 Å². The summed E-state index contributed by atoms with van der Waals surface area (Å²) in [6.45, 7) is 0.137. The summed E-state index contributed by atoms with van der Waals surface area (Å²) in [5.74, 6) is -0.0969. The Morgan fingerprint density at radius 2 is 1.74 bits per heavy atom. The number of rotatable bonds is 3. The second-order valence-corrected chi connectivity index (χ2v) is 4.23. The van der Waals surface area contributed by atoms with Crippen molar-refractivity contribution in [3.05, 3.63) is 64.7 Å². The average molecular weight is 286 g/mol. The smallest absolute Gasteiger partial charge is 0.417 e. The summed E-state index contributed by atoms with van der Waals surface area (Å²) in [6, 6.07) is 13.3. The van der Waals surface area contributed by atoms with Crippen molar-refractivity contribution in [1.82, 2.24) is 0 Å². The molecule has 2 aromatic carbocycles. The summed E-state index contributed by atoms with van der Waals surface area (Å²) in [4.78, 5) is 0. The fourth-order valence-corrected chi connectivity index (χ4v) is 1.62. The Hall–Kier alpha value is -1.68. The van der Waals surface area contributed by atoms with E-state index in [-0.39, 0.29) is 17.4 Å². The third kappa shape index (κ3) is 3.64. The van der Waals surface area contributed by atoms with Crippen molar-refractivity contribution in [3.63, 3.8) is 0 Å². The second-order valence-electron chi connectivity index (χ2n) is 3.82. The van der Waals surface area contributed by atoms with E-state index in [0.29, 0.717) is 0 Å². The molecule has 0 saturated carbocycles. The maximum atomic E-state index is 12.5. The van der Waals surface area contributed by atoms with E-state index in [0.717, 1.165) is 17.7 Å². The van der Waals surface area contributed by atoms with Crippen molar-refractivity contribution in [1.29, 1.82) is 0 Å². The van der Waals surface area contributed by atoms with Gasteiger partial charge in [-0.2, -0.15) is 13.2 Å². The van der Waals surface area contributed by atoms with Crippen LogP contribution in [0.15, 0.2) is 42.5 Å². The molecule has 0 atom stereocenters. The second kappa shape index (κ2) is 5.53. The van der Waals surface area contributed by atoms with Gasteiger partial charge in [0.25, 0.3) is 0 Å². The Morgan fingerprint density at radius 3 is 2.37 bits per heavy atom. The monoisotopic (exact) mass is 285 g/mol. The quantitative estimate of drug-likeness (QED) is 0.791. The van der Waals surface area contributed by atoms with Gasteiger partial charge >= 0.3 is 6.18 Å².